The molecule has 3 aliphatic rings. The smallest absolute Gasteiger partial charge is 0.220 e. The zero-order valence-electron chi connectivity index (χ0n) is 12.8. The number of nitrogens with zero attached hydrogens (tertiary/aromatic N) is 1. The molecule has 1 amide bonds. The molecule has 0 unspecified atom stereocenters. The molecule has 2 aliphatic carbocycles. The molecule has 21 heavy (non-hydrogen) atoms. The summed E-state index contributed by atoms with van der Waals surface area (Å²) in [5.74, 6) is 1.43. The quantitative estimate of drug-likeness (QED) is 0.768. The van der Waals surface area contributed by atoms with Crippen LogP contribution in [0.1, 0.15) is 57.8 Å². The number of aliphatic imine (C=N–C) groups is 1. The van der Waals surface area contributed by atoms with E-state index in [1.54, 1.807) is 0 Å². The van der Waals surface area contributed by atoms with Gasteiger partial charge < -0.3 is 10.6 Å². The monoisotopic (exact) mass is 309 g/mol. The van der Waals surface area contributed by atoms with E-state index in [9.17, 15) is 4.79 Å². The number of carbonyl (C=O) groups is 1. The summed E-state index contributed by atoms with van der Waals surface area (Å²) >= 11 is 1.89. The van der Waals surface area contributed by atoms with Crippen LogP contribution >= 0.6 is 11.8 Å². The van der Waals surface area contributed by atoms with E-state index in [1.807, 2.05) is 11.8 Å². The van der Waals surface area contributed by atoms with Gasteiger partial charge in [-0.2, -0.15) is 0 Å². The van der Waals surface area contributed by atoms with Crippen molar-refractivity contribution in [3.63, 3.8) is 0 Å². The number of hydrogen-bond donors (Lipinski definition) is 2. The number of carbonyl (C=O) groups excluding carboxylic acids is 1. The Hall–Kier alpha value is -0.710. The van der Waals surface area contributed by atoms with Crippen molar-refractivity contribution in [2.75, 3.05) is 18.8 Å². The average Bonchev–Trinajstić information content (AvgIpc) is 3.30. The molecule has 1 spiro atoms. The fraction of sp³-hybridized carbons (Fsp3) is 0.875. The molecule has 0 aromatic heterocycles. The second kappa shape index (κ2) is 7.03. The maximum absolute atomic E-state index is 11.6. The van der Waals surface area contributed by atoms with Crippen molar-refractivity contribution in [2.24, 2.45) is 10.4 Å². The molecule has 1 aliphatic heterocycles. The molecule has 0 atom stereocenters. The van der Waals surface area contributed by atoms with Gasteiger partial charge in [0.2, 0.25) is 5.91 Å². The van der Waals surface area contributed by atoms with E-state index in [0.29, 0.717) is 17.9 Å². The van der Waals surface area contributed by atoms with Crippen LogP contribution in [0.3, 0.4) is 0 Å². The first-order chi connectivity index (χ1) is 10.3. The molecule has 2 N–H and O–H groups in total. The maximum Gasteiger partial charge on any atom is 0.220 e. The van der Waals surface area contributed by atoms with E-state index in [1.165, 1.54) is 50.7 Å². The minimum absolute atomic E-state index is 0.207. The third-order valence-electron chi connectivity index (χ3n) is 4.79. The van der Waals surface area contributed by atoms with Gasteiger partial charge in [0.15, 0.2) is 5.17 Å². The Morgan fingerprint density at radius 3 is 2.76 bits per heavy atom. The zero-order valence-corrected chi connectivity index (χ0v) is 13.6. The first-order valence-electron chi connectivity index (χ1n) is 8.46. The Labute approximate surface area is 131 Å². The van der Waals surface area contributed by atoms with Crippen LogP contribution in [-0.2, 0) is 4.79 Å². The molecule has 0 aromatic carbocycles. The number of nitrogens with one attached hydrogen (secondary N) is 2. The SMILES string of the molecule is O=C(CCCNC1=NCC2(CCCCC2)CS1)NC1CC1. The van der Waals surface area contributed by atoms with Crippen LogP contribution in [-0.4, -0.2) is 36.0 Å². The highest BCUT2D eigenvalue weighted by atomic mass is 32.2. The molecule has 0 aromatic rings. The van der Waals surface area contributed by atoms with Gasteiger partial charge in [-0.05, 0) is 37.5 Å². The van der Waals surface area contributed by atoms with Gasteiger partial charge in [-0.25, -0.2) is 0 Å². The van der Waals surface area contributed by atoms with Crippen molar-refractivity contribution >= 4 is 22.8 Å². The maximum atomic E-state index is 11.6. The minimum atomic E-state index is 0.207. The largest absolute Gasteiger partial charge is 0.365 e. The normalized spacial score (nSPS) is 24.5. The van der Waals surface area contributed by atoms with Gasteiger partial charge >= 0.3 is 0 Å². The molecule has 0 saturated heterocycles. The lowest BCUT2D eigenvalue weighted by molar-refractivity contribution is -0.121. The molecule has 0 bridgehead atoms. The van der Waals surface area contributed by atoms with Crippen molar-refractivity contribution in [1.29, 1.82) is 0 Å². The molecule has 118 valence electrons. The summed E-state index contributed by atoms with van der Waals surface area (Å²) in [6, 6.07) is 0.482. The molecule has 1 heterocycles. The summed E-state index contributed by atoms with van der Waals surface area (Å²) in [7, 11) is 0. The van der Waals surface area contributed by atoms with E-state index in [-0.39, 0.29) is 5.91 Å². The Morgan fingerprint density at radius 1 is 1.29 bits per heavy atom. The highest BCUT2D eigenvalue weighted by Gasteiger charge is 2.34. The highest BCUT2D eigenvalue weighted by Crippen LogP contribution is 2.41. The van der Waals surface area contributed by atoms with E-state index in [4.69, 9.17) is 4.99 Å². The van der Waals surface area contributed by atoms with Gasteiger partial charge in [0, 0.05) is 31.3 Å². The predicted octanol–water partition coefficient (Wildman–Crippen LogP) is 2.69. The number of amidine groups is 1. The number of rotatable bonds is 5. The van der Waals surface area contributed by atoms with Crippen LogP contribution in [0, 0.1) is 5.41 Å². The van der Waals surface area contributed by atoms with Crippen molar-refractivity contribution in [3.8, 4) is 0 Å². The zero-order chi connectivity index (χ0) is 14.5. The summed E-state index contributed by atoms with van der Waals surface area (Å²) in [5.41, 5.74) is 0.498. The molecule has 2 saturated carbocycles. The van der Waals surface area contributed by atoms with Crippen LogP contribution in [0.2, 0.25) is 0 Å². The fourth-order valence-electron chi connectivity index (χ4n) is 3.24. The summed E-state index contributed by atoms with van der Waals surface area (Å²) in [4.78, 5) is 16.3. The van der Waals surface area contributed by atoms with Crippen molar-refractivity contribution < 1.29 is 4.79 Å². The van der Waals surface area contributed by atoms with Gasteiger partial charge in [0.1, 0.15) is 0 Å². The second-order valence-corrected chi connectivity index (χ2v) is 7.81. The lowest BCUT2D eigenvalue weighted by Crippen LogP contribution is -2.37. The molecule has 2 fully saturated rings. The molecular weight excluding hydrogens is 282 g/mol. The van der Waals surface area contributed by atoms with E-state index in [0.717, 1.165) is 24.7 Å². The first kappa shape index (κ1) is 15.2. The van der Waals surface area contributed by atoms with Crippen LogP contribution in [0.15, 0.2) is 4.99 Å². The number of thioether (sulfide) groups is 1. The number of hydrogen-bond acceptors (Lipinski definition) is 4. The lowest BCUT2D eigenvalue weighted by Gasteiger charge is -2.38. The van der Waals surface area contributed by atoms with Crippen molar-refractivity contribution in [1.82, 2.24) is 10.6 Å². The summed E-state index contributed by atoms with van der Waals surface area (Å²) in [6.45, 7) is 1.86. The lowest BCUT2D eigenvalue weighted by atomic mass is 9.75. The minimum Gasteiger partial charge on any atom is -0.365 e. The van der Waals surface area contributed by atoms with Crippen LogP contribution in [0.4, 0.5) is 0 Å². The highest BCUT2D eigenvalue weighted by molar-refractivity contribution is 8.13. The topological polar surface area (TPSA) is 53.5 Å². The predicted molar refractivity (Wildman–Crippen MR) is 88.7 cm³/mol. The Balaban J connectivity index is 1.31. The van der Waals surface area contributed by atoms with Crippen molar-refractivity contribution in [2.45, 2.75) is 63.8 Å². The van der Waals surface area contributed by atoms with E-state index >= 15 is 0 Å². The van der Waals surface area contributed by atoms with Gasteiger partial charge in [0.05, 0.1) is 0 Å². The Bertz CT molecular complexity index is 400. The van der Waals surface area contributed by atoms with E-state index in [2.05, 4.69) is 10.6 Å². The molecular formula is C16H27N3OS. The second-order valence-electron chi connectivity index (χ2n) is 6.84. The molecule has 3 rings (SSSR count). The summed E-state index contributed by atoms with van der Waals surface area (Å²) < 4.78 is 0. The molecule has 0 radical (unpaired) electrons. The molecule has 4 nitrogen and oxygen atoms in total. The van der Waals surface area contributed by atoms with Gasteiger partial charge in [0.25, 0.3) is 0 Å². The van der Waals surface area contributed by atoms with Crippen molar-refractivity contribution in [3.05, 3.63) is 0 Å². The first-order valence-corrected chi connectivity index (χ1v) is 9.45. The average molecular weight is 309 g/mol. The van der Waals surface area contributed by atoms with Crippen LogP contribution in [0.5, 0.6) is 0 Å². The summed E-state index contributed by atoms with van der Waals surface area (Å²) in [6.07, 6.45) is 10.7. The van der Waals surface area contributed by atoms with E-state index < -0.39 is 0 Å². The third kappa shape index (κ3) is 4.63. The Kier molecular flexibility index (Phi) is 5.09. The van der Waals surface area contributed by atoms with Crippen LogP contribution in [0.25, 0.3) is 0 Å². The number of amides is 1. The van der Waals surface area contributed by atoms with Gasteiger partial charge in [-0.3, -0.25) is 9.79 Å². The van der Waals surface area contributed by atoms with Gasteiger partial charge in [-0.1, -0.05) is 31.0 Å². The van der Waals surface area contributed by atoms with Crippen LogP contribution < -0.4 is 10.6 Å². The standard InChI is InChI=1S/C16H27N3OS/c20-14(19-13-6-7-13)5-4-10-17-15-18-11-16(12-21-15)8-2-1-3-9-16/h13H,1-12H2,(H,17,18)(H,19,20). The van der Waals surface area contributed by atoms with Gasteiger partial charge in [-0.15, -0.1) is 0 Å². The Morgan fingerprint density at radius 2 is 2.10 bits per heavy atom. The fourth-order valence-corrected chi connectivity index (χ4v) is 4.42. The summed E-state index contributed by atoms with van der Waals surface area (Å²) in [5, 5.41) is 7.52. The third-order valence-corrected chi connectivity index (χ3v) is 6.09. The molecule has 5 heteroatoms.